The molecule has 0 spiro atoms. The Kier molecular flexibility index (Phi) is 5.74. The fraction of sp³-hybridized carbons (Fsp3) is 0.333. The molecule has 0 aromatic heterocycles. The van der Waals surface area contributed by atoms with Gasteiger partial charge in [-0.15, -0.1) is 0 Å². The molecule has 1 heterocycles. The van der Waals surface area contributed by atoms with Crippen molar-refractivity contribution in [2.75, 3.05) is 13.7 Å². The van der Waals surface area contributed by atoms with E-state index in [1.165, 1.54) is 17.0 Å². The summed E-state index contributed by atoms with van der Waals surface area (Å²) in [6.07, 6.45) is -0.400. The molecule has 0 bridgehead atoms. The first-order chi connectivity index (χ1) is 12.9. The number of likely N-dealkylation sites (N-methyl/N-ethyl adjacent to an activating group) is 1. The first-order valence-corrected chi connectivity index (χ1v) is 8.84. The molecule has 1 aliphatic heterocycles. The second kappa shape index (κ2) is 8.20. The first-order valence-electron chi connectivity index (χ1n) is 8.84. The zero-order chi connectivity index (χ0) is 19.4. The van der Waals surface area contributed by atoms with Crippen LogP contribution in [0, 0.1) is 11.7 Å². The molecule has 0 saturated carbocycles. The number of hydrogen-bond donors (Lipinski definition) is 0. The Balaban J connectivity index is 1.55. The SMILES string of the molecule is CC(OC(=O)C1COc2ccccc2C1)C(=O)N(C)Cc1cccc(F)c1. The van der Waals surface area contributed by atoms with Gasteiger partial charge in [-0.2, -0.15) is 0 Å². The number of benzene rings is 2. The summed E-state index contributed by atoms with van der Waals surface area (Å²) >= 11 is 0. The standard InChI is InChI=1S/C21H22FNO4/c1-14(20(24)23(2)12-15-6-5-8-18(22)10-15)27-21(25)17-11-16-7-3-4-9-19(16)26-13-17/h3-10,14,17H,11-13H2,1-2H3. The minimum atomic E-state index is -0.923. The van der Waals surface area contributed by atoms with Crippen molar-refractivity contribution >= 4 is 11.9 Å². The molecule has 6 heteroatoms. The summed E-state index contributed by atoms with van der Waals surface area (Å²) in [5.41, 5.74) is 1.62. The number of ether oxygens (including phenoxy) is 2. The van der Waals surface area contributed by atoms with Crippen molar-refractivity contribution in [1.82, 2.24) is 4.90 Å². The fourth-order valence-electron chi connectivity index (χ4n) is 3.10. The van der Waals surface area contributed by atoms with Gasteiger partial charge in [0, 0.05) is 13.6 Å². The van der Waals surface area contributed by atoms with Gasteiger partial charge in [-0.25, -0.2) is 4.39 Å². The molecule has 1 amide bonds. The summed E-state index contributed by atoms with van der Waals surface area (Å²) in [5.74, 6) is -0.816. The minimum absolute atomic E-state index is 0.232. The van der Waals surface area contributed by atoms with Gasteiger partial charge in [0.15, 0.2) is 6.10 Å². The Morgan fingerprint density at radius 2 is 2.04 bits per heavy atom. The summed E-state index contributed by atoms with van der Waals surface area (Å²) in [6, 6.07) is 13.6. The Morgan fingerprint density at radius 3 is 2.81 bits per heavy atom. The highest BCUT2D eigenvalue weighted by Crippen LogP contribution is 2.27. The van der Waals surface area contributed by atoms with Crippen molar-refractivity contribution in [3.05, 3.63) is 65.5 Å². The van der Waals surface area contributed by atoms with E-state index in [0.29, 0.717) is 12.0 Å². The number of nitrogens with zero attached hydrogens (tertiary/aromatic N) is 1. The van der Waals surface area contributed by atoms with Gasteiger partial charge in [-0.05, 0) is 42.7 Å². The van der Waals surface area contributed by atoms with Crippen molar-refractivity contribution in [3.63, 3.8) is 0 Å². The second-order valence-corrected chi connectivity index (χ2v) is 6.72. The van der Waals surface area contributed by atoms with Crippen LogP contribution in [-0.2, 0) is 27.3 Å². The number of halogens is 1. The van der Waals surface area contributed by atoms with Crippen LogP contribution in [0.3, 0.4) is 0 Å². The number of amides is 1. The largest absolute Gasteiger partial charge is 0.492 e. The lowest BCUT2D eigenvalue weighted by Gasteiger charge is -2.26. The number of rotatable bonds is 5. The highest BCUT2D eigenvalue weighted by molar-refractivity contribution is 5.84. The zero-order valence-electron chi connectivity index (χ0n) is 15.4. The van der Waals surface area contributed by atoms with Crippen molar-refractivity contribution in [2.45, 2.75) is 26.0 Å². The third kappa shape index (κ3) is 4.64. The summed E-state index contributed by atoms with van der Waals surface area (Å²) < 4.78 is 24.2. The van der Waals surface area contributed by atoms with Crippen molar-refractivity contribution in [2.24, 2.45) is 5.92 Å². The molecule has 0 saturated heterocycles. The van der Waals surface area contributed by atoms with E-state index in [0.717, 1.165) is 11.3 Å². The summed E-state index contributed by atoms with van der Waals surface area (Å²) in [4.78, 5) is 26.3. The minimum Gasteiger partial charge on any atom is -0.492 e. The van der Waals surface area contributed by atoms with Crippen molar-refractivity contribution in [1.29, 1.82) is 0 Å². The van der Waals surface area contributed by atoms with Gasteiger partial charge in [0.2, 0.25) is 0 Å². The third-order valence-corrected chi connectivity index (χ3v) is 4.54. The molecule has 3 rings (SSSR count). The van der Waals surface area contributed by atoms with Crippen LogP contribution in [0.1, 0.15) is 18.1 Å². The fourth-order valence-corrected chi connectivity index (χ4v) is 3.10. The van der Waals surface area contributed by atoms with Crippen LogP contribution in [0.2, 0.25) is 0 Å². The number of carbonyl (C=O) groups excluding carboxylic acids is 2. The first kappa shape index (κ1) is 18.9. The molecule has 2 unspecified atom stereocenters. The molecule has 2 atom stereocenters. The van der Waals surface area contributed by atoms with Crippen LogP contribution in [0.4, 0.5) is 4.39 Å². The number of para-hydroxylation sites is 1. The smallest absolute Gasteiger partial charge is 0.313 e. The average molecular weight is 371 g/mol. The van der Waals surface area contributed by atoms with Crippen LogP contribution in [0.15, 0.2) is 48.5 Å². The topological polar surface area (TPSA) is 55.8 Å². The molecule has 142 valence electrons. The molecule has 27 heavy (non-hydrogen) atoms. The second-order valence-electron chi connectivity index (χ2n) is 6.72. The molecule has 0 radical (unpaired) electrons. The lowest BCUT2D eigenvalue weighted by molar-refractivity contribution is -0.163. The normalized spacial score (nSPS) is 16.6. The van der Waals surface area contributed by atoms with E-state index in [4.69, 9.17) is 9.47 Å². The Bertz CT molecular complexity index is 838. The molecule has 2 aromatic carbocycles. The molecule has 1 aliphatic rings. The Hall–Kier alpha value is -2.89. The predicted octanol–water partition coefficient (Wildman–Crippen LogP) is 2.97. The third-order valence-electron chi connectivity index (χ3n) is 4.54. The van der Waals surface area contributed by atoms with Crippen molar-refractivity contribution < 1.29 is 23.5 Å². The molecule has 2 aromatic rings. The van der Waals surface area contributed by atoms with E-state index < -0.39 is 18.0 Å². The Labute approximate surface area is 157 Å². The molecule has 0 fully saturated rings. The number of carbonyl (C=O) groups is 2. The van der Waals surface area contributed by atoms with E-state index in [9.17, 15) is 14.0 Å². The highest BCUT2D eigenvalue weighted by atomic mass is 19.1. The average Bonchev–Trinajstić information content (AvgIpc) is 2.66. The van der Waals surface area contributed by atoms with E-state index >= 15 is 0 Å². The van der Waals surface area contributed by atoms with Gasteiger partial charge in [0.05, 0.1) is 5.92 Å². The van der Waals surface area contributed by atoms with Gasteiger partial charge >= 0.3 is 5.97 Å². The number of hydrogen-bond acceptors (Lipinski definition) is 4. The van der Waals surface area contributed by atoms with E-state index in [2.05, 4.69) is 0 Å². The van der Waals surface area contributed by atoms with E-state index in [1.807, 2.05) is 24.3 Å². The maximum atomic E-state index is 13.3. The van der Waals surface area contributed by atoms with Crippen LogP contribution in [0.5, 0.6) is 5.75 Å². The van der Waals surface area contributed by atoms with Gasteiger partial charge < -0.3 is 14.4 Å². The maximum absolute atomic E-state index is 13.3. The quantitative estimate of drug-likeness (QED) is 0.759. The maximum Gasteiger partial charge on any atom is 0.313 e. The van der Waals surface area contributed by atoms with Gasteiger partial charge in [-0.1, -0.05) is 30.3 Å². The predicted molar refractivity (Wildman–Crippen MR) is 97.6 cm³/mol. The van der Waals surface area contributed by atoms with Crippen molar-refractivity contribution in [3.8, 4) is 5.75 Å². The monoisotopic (exact) mass is 371 g/mol. The van der Waals surface area contributed by atoms with Gasteiger partial charge in [0.25, 0.3) is 5.91 Å². The van der Waals surface area contributed by atoms with Crippen LogP contribution in [-0.4, -0.2) is 36.5 Å². The molecule has 0 N–H and O–H groups in total. The molecule has 5 nitrogen and oxygen atoms in total. The summed E-state index contributed by atoms with van der Waals surface area (Å²) in [6.45, 7) is 2.01. The van der Waals surface area contributed by atoms with Gasteiger partial charge in [0.1, 0.15) is 18.2 Å². The molecule has 0 aliphatic carbocycles. The summed E-state index contributed by atoms with van der Waals surface area (Å²) in [7, 11) is 1.59. The molecular formula is C21H22FNO4. The van der Waals surface area contributed by atoms with E-state index in [-0.39, 0.29) is 24.9 Å². The van der Waals surface area contributed by atoms with Crippen LogP contribution in [0.25, 0.3) is 0 Å². The lowest BCUT2D eigenvalue weighted by atomic mass is 9.97. The number of fused-ring (bicyclic) bond motifs is 1. The zero-order valence-corrected chi connectivity index (χ0v) is 15.4. The van der Waals surface area contributed by atoms with Crippen LogP contribution < -0.4 is 4.74 Å². The lowest BCUT2D eigenvalue weighted by Crippen LogP contribution is -2.39. The molecular weight excluding hydrogens is 349 g/mol. The Morgan fingerprint density at radius 1 is 1.26 bits per heavy atom. The summed E-state index contributed by atoms with van der Waals surface area (Å²) in [5, 5.41) is 0. The van der Waals surface area contributed by atoms with E-state index in [1.54, 1.807) is 26.1 Å². The number of esters is 1. The van der Waals surface area contributed by atoms with Gasteiger partial charge in [-0.3, -0.25) is 9.59 Å². The highest BCUT2D eigenvalue weighted by Gasteiger charge is 2.30. The van der Waals surface area contributed by atoms with Crippen LogP contribution >= 0.6 is 0 Å².